The highest BCUT2D eigenvalue weighted by Crippen LogP contribution is 2.18. The summed E-state index contributed by atoms with van der Waals surface area (Å²) in [6.45, 7) is -0.143. The number of amides is 3. The highest BCUT2D eigenvalue weighted by molar-refractivity contribution is 5.89. The van der Waals surface area contributed by atoms with Gasteiger partial charge in [0.1, 0.15) is 6.54 Å². The number of nitrogens with one attached hydrogen (secondary N) is 3. The molecule has 0 aliphatic heterocycles. The van der Waals surface area contributed by atoms with Gasteiger partial charge in [-0.1, -0.05) is 25.0 Å². The molecular weight excluding hydrogens is 310 g/mol. The Kier molecular flexibility index (Phi) is 6.60. The SMILES string of the molecule is COC(=O)CNC(=O)Cc1ccc(NC(=O)NC2CCCC2)cc1. The number of carbonyl (C=O) groups excluding carboxylic acids is 3. The zero-order valence-corrected chi connectivity index (χ0v) is 13.8. The molecule has 3 amide bonds. The van der Waals surface area contributed by atoms with Crippen LogP contribution in [0, 0.1) is 0 Å². The summed E-state index contributed by atoms with van der Waals surface area (Å²) < 4.78 is 4.45. The second kappa shape index (κ2) is 8.90. The molecule has 7 heteroatoms. The zero-order chi connectivity index (χ0) is 17.4. The maximum Gasteiger partial charge on any atom is 0.325 e. The van der Waals surface area contributed by atoms with Crippen molar-refractivity contribution in [3.63, 3.8) is 0 Å². The smallest absolute Gasteiger partial charge is 0.325 e. The van der Waals surface area contributed by atoms with Crippen LogP contribution >= 0.6 is 0 Å². The van der Waals surface area contributed by atoms with Crippen LogP contribution in [0.15, 0.2) is 24.3 Å². The van der Waals surface area contributed by atoms with E-state index < -0.39 is 5.97 Å². The van der Waals surface area contributed by atoms with Crippen molar-refractivity contribution in [2.45, 2.75) is 38.1 Å². The molecular formula is C17H23N3O4. The van der Waals surface area contributed by atoms with Crippen molar-refractivity contribution in [1.82, 2.24) is 10.6 Å². The number of rotatable bonds is 6. The van der Waals surface area contributed by atoms with Crippen LogP contribution in [0.3, 0.4) is 0 Å². The van der Waals surface area contributed by atoms with Crippen LogP contribution in [0.1, 0.15) is 31.2 Å². The van der Waals surface area contributed by atoms with Gasteiger partial charge in [-0.15, -0.1) is 0 Å². The Labute approximate surface area is 141 Å². The molecule has 0 atom stereocenters. The lowest BCUT2D eigenvalue weighted by Gasteiger charge is -2.13. The van der Waals surface area contributed by atoms with E-state index in [-0.39, 0.29) is 30.9 Å². The number of carbonyl (C=O) groups is 3. The molecule has 0 radical (unpaired) electrons. The van der Waals surface area contributed by atoms with Crippen LogP contribution in [-0.4, -0.2) is 37.6 Å². The average Bonchev–Trinajstić information content (AvgIpc) is 3.07. The molecule has 1 aromatic rings. The van der Waals surface area contributed by atoms with E-state index in [1.807, 2.05) is 0 Å². The number of benzene rings is 1. The fraction of sp³-hybridized carbons (Fsp3) is 0.471. The van der Waals surface area contributed by atoms with Crippen molar-refractivity contribution in [3.8, 4) is 0 Å². The van der Waals surface area contributed by atoms with Crippen molar-refractivity contribution in [2.24, 2.45) is 0 Å². The molecule has 2 rings (SSSR count). The lowest BCUT2D eigenvalue weighted by Crippen LogP contribution is -2.36. The van der Waals surface area contributed by atoms with Crippen molar-refractivity contribution < 1.29 is 19.1 Å². The van der Waals surface area contributed by atoms with Crippen LogP contribution in [0.2, 0.25) is 0 Å². The molecule has 0 bridgehead atoms. The van der Waals surface area contributed by atoms with Gasteiger partial charge in [0.2, 0.25) is 5.91 Å². The van der Waals surface area contributed by atoms with E-state index in [4.69, 9.17) is 0 Å². The molecule has 0 unspecified atom stereocenters. The second-order valence-electron chi connectivity index (χ2n) is 5.81. The fourth-order valence-electron chi connectivity index (χ4n) is 2.62. The molecule has 1 fully saturated rings. The highest BCUT2D eigenvalue weighted by Gasteiger charge is 2.16. The third-order valence-corrected chi connectivity index (χ3v) is 3.92. The number of ether oxygens (including phenoxy) is 1. The van der Waals surface area contributed by atoms with Gasteiger partial charge in [0.15, 0.2) is 0 Å². The molecule has 24 heavy (non-hydrogen) atoms. The Morgan fingerprint density at radius 3 is 2.42 bits per heavy atom. The second-order valence-corrected chi connectivity index (χ2v) is 5.81. The maximum atomic E-state index is 11.9. The third kappa shape index (κ3) is 5.91. The Hall–Kier alpha value is -2.57. The number of hydrogen-bond donors (Lipinski definition) is 3. The standard InChI is InChI=1S/C17H23N3O4/c1-24-16(22)11-18-15(21)10-12-6-8-14(9-7-12)20-17(23)19-13-4-2-3-5-13/h6-9,13H,2-5,10-11H2,1H3,(H,18,21)(H2,19,20,23). The molecule has 0 saturated heterocycles. The molecule has 0 aromatic heterocycles. The van der Waals surface area contributed by atoms with E-state index in [1.54, 1.807) is 24.3 Å². The molecule has 1 saturated carbocycles. The van der Waals surface area contributed by atoms with Crippen LogP contribution < -0.4 is 16.0 Å². The molecule has 7 nitrogen and oxygen atoms in total. The van der Waals surface area contributed by atoms with Gasteiger partial charge < -0.3 is 20.7 Å². The Bertz CT molecular complexity index is 580. The Morgan fingerprint density at radius 1 is 1.12 bits per heavy atom. The third-order valence-electron chi connectivity index (χ3n) is 3.92. The predicted octanol–water partition coefficient (Wildman–Crippen LogP) is 1.58. The van der Waals surface area contributed by atoms with E-state index in [2.05, 4.69) is 20.7 Å². The van der Waals surface area contributed by atoms with E-state index in [1.165, 1.54) is 7.11 Å². The van der Waals surface area contributed by atoms with Gasteiger partial charge in [0, 0.05) is 11.7 Å². The summed E-state index contributed by atoms with van der Waals surface area (Å²) in [4.78, 5) is 34.5. The largest absolute Gasteiger partial charge is 0.468 e. The van der Waals surface area contributed by atoms with Gasteiger partial charge in [-0.3, -0.25) is 9.59 Å². The minimum atomic E-state index is -0.490. The van der Waals surface area contributed by atoms with Gasteiger partial charge in [-0.2, -0.15) is 0 Å². The summed E-state index contributed by atoms with van der Waals surface area (Å²) >= 11 is 0. The summed E-state index contributed by atoms with van der Waals surface area (Å²) in [6.07, 6.45) is 4.56. The van der Waals surface area contributed by atoms with Crippen molar-refractivity contribution in [2.75, 3.05) is 19.0 Å². The van der Waals surface area contributed by atoms with E-state index in [9.17, 15) is 14.4 Å². The number of esters is 1. The van der Waals surface area contributed by atoms with Gasteiger partial charge in [0.05, 0.1) is 13.5 Å². The van der Waals surface area contributed by atoms with Crippen LogP contribution in [-0.2, 0) is 20.7 Å². The summed E-state index contributed by atoms with van der Waals surface area (Å²) in [6, 6.07) is 7.09. The summed E-state index contributed by atoms with van der Waals surface area (Å²) in [5.41, 5.74) is 1.46. The maximum absolute atomic E-state index is 11.9. The quantitative estimate of drug-likeness (QED) is 0.689. The first-order valence-electron chi connectivity index (χ1n) is 8.07. The minimum absolute atomic E-state index is 0.143. The topological polar surface area (TPSA) is 96.5 Å². The molecule has 1 aromatic carbocycles. The molecule has 0 spiro atoms. The number of urea groups is 1. The van der Waals surface area contributed by atoms with E-state index in [0.717, 1.165) is 31.2 Å². The zero-order valence-electron chi connectivity index (χ0n) is 13.8. The predicted molar refractivity (Wildman–Crippen MR) is 89.6 cm³/mol. The number of hydrogen-bond acceptors (Lipinski definition) is 4. The Morgan fingerprint density at radius 2 is 1.79 bits per heavy atom. The highest BCUT2D eigenvalue weighted by atomic mass is 16.5. The first-order valence-corrected chi connectivity index (χ1v) is 8.07. The normalized spacial score (nSPS) is 14.0. The van der Waals surface area contributed by atoms with Crippen LogP contribution in [0.25, 0.3) is 0 Å². The molecule has 1 aliphatic carbocycles. The minimum Gasteiger partial charge on any atom is -0.468 e. The van der Waals surface area contributed by atoms with Gasteiger partial charge in [-0.05, 0) is 30.5 Å². The van der Waals surface area contributed by atoms with Crippen LogP contribution in [0.4, 0.5) is 10.5 Å². The average molecular weight is 333 g/mol. The van der Waals surface area contributed by atoms with Crippen LogP contribution in [0.5, 0.6) is 0 Å². The van der Waals surface area contributed by atoms with Gasteiger partial charge in [-0.25, -0.2) is 4.79 Å². The van der Waals surface area contributed by atoms with E-state index in [0.29, 0.717) is 5.69 Å². The summed E-state index contributed by atoms with van der Waals surface area (Å²) in [7, 11) is 1.27. The van der Waals surface area contributed by atoms with Crippen molar-refractivity contribution >= 4 is 23.6 Å². The molecule has 1 aliphatic rings. The summed E-state index contributed by atoms with van der Waals surface area (Å²) in [5.74, 6) is -0.753. The van der Waals surface area contributed by atoms with Gasteiger partial charge in [0.25, 0.3) is 0 Å². The lowest BCUT2D eigenvalue weighted by atomic mass is 10.1. The van der Waals surface area contributed by atoms with Gasteiger partial charge >= 0.3 is 12.0 Å². The van der Waals surface area contributed by atoms with E-state index >= 15 is 0 Å². The molecule has 0 heterocycles. The van der Waals surface area contributed by atoms with Crippen molar-refractivity contribution in [3.05, 3.63) is 29.8 Å². The molecule has 3 N–H and O–H groups in total. The molecule has 130 valence electrons. The first kappa shape index (κ1) is 17.8. The fourth-order valence-corrected chi connectivity index (χ4v) is 2.62. The number of anilines is 1. The first-order chi connectivity index (χ1) is 11.6. The van der Waals surface area contributed by atoms with Crippen molar-refractivity contribution in [1.29, 1.82) is 0 Å². The summed E-state index contributed by atoms with van der Waals surface area (Å²) in [5, 5.41) is 8.21. The monoisotopic (exact) mass is 333 g/mol. The number of methoxy groups -OCH3 is 1. The Balaban J connectivity index is 1.76. The lowest BCUT2D eigenvalue weighted by molar-refractivity contribution is -0.141.